The second-order valence-electron chi connectivity index (χ2n) is 9.56. The van der Waals surface area contributed by atoms with Crippen molar-refractivity contribution in [3.05, 3.63) is 100 Å². The van der Waals surface area contributed by atoms with Gasteiger partial charge in [-0.15, -0.1) is 0 Å². The number of nitrogens with one attached hydrogen (secondary N) is 1. The third-order valence-corrected chi connectivity index (χ3v) is 6.96. The first-order chi connectivity index (χ1) is 19.6. The molecule has 1 unspecified atom stereocenters. The zero-order valence-electron chi connectivity index (χ0n) is 22.5. The minimum Gasteiger partial charge on any atom is -0.462 e. The van der Waals surface area contributed by atoms with Crippen LogP contribution in [0.5, 0.6) is 0 Å². The van der Waals surface area contributed by atoms with Crippen LogP contribution in [0.3, 0.4) is 0 Å². The van der Waals surface area contributed by atoms with Gasteiger partial charge < -0.3 is 19.7 Å². The molecule has 41 heavy (non-hydrogen) atoms. The second-order valence-corrected chi connectivity index (χ2v) is 10.00. The van der Waals surface area contributed by atoms with Crippen molar-refractivity contribution < 1.29 is 32.2 Å². The molecule has 11 heteroatoms. The van der Waals surface area contributed by atoms with Crippen molar-refractivity contribution in [3.63, 3.8) is 0 Å². The lowest BCUT2D eigenvalue weighted by Crippen LogP contribution is -2.50. The third-order valence-electron chi connectivity index (χ3n) is 6.71. The maximum absolute atomic E-state index is 12.9. The second kappa shape index (κ2) is 13.8. The molecule has 1 fully saturated rings. The van der Waals surface area contributed by atoms with Crippen LogP contribution in [0.4, 0.5) is 23.7 Å². The molecule has 4 rings (SSSR count). The van der Waals surface area contributed by atoms with Crippen molar-refractivity contribution in [2.45, 2.75) is 25.8 Å². The van der Waals surface area contributed by atoms with E-state index in [1.807, 2.05) is 12.1 Å². The van der Waals surface area contributed by atoms with Gasteiger partial charge in [-0.25, -0.2) is 9.59 Å². The van der Waals surface area contributed by atoms with E-state index in [4.69, 9.17) is 21.1 Å². The first-order valence-corrected chi connectivity index (χ1v) is 13.6. The van der Waals surface area contributed by atoms with Crippen molar-refractivity contribution in [1.29, 1.82) is 0 Å². The highest BCUT2D eigenvalue weighted by atomic mass is 35.5. The minimum absolute atomic E-state index is 0.142. The lowest BCUT2D eigenvalue weighted by Gasteiger charge is -2.36. The molecule has 1 aliphatic heterocycles. The number of ether oxygens (including phenoxy) is 2. The number of alkyl halides is 3. The predicted octanol–water partition coefficient (Wildman–Crippen LogP) is 6.64. The van der Waals surface area contributed by atoms with E-state index in [2.05, 4.69) is 10.2 Å². The van der Waals surface area contributed by atoms with Crippen LogP contribution < -0.4 is 5.32 Å². The Morgan fingerprint density at radius 2 is 1.56 bits per heavy atom. The Balaban J connectivity index is 1.32. The highest BCUT2D eigenvalue weighted by Gasteiger charge is 2.30. The van der Waals surface area contributed by atoms with Gasteiger partial charge in [0.1, 0.15) is 0 Å². The molecule has 3 aromatic carbocycles. The lowest BCUT2D eigenvalue weighted by molar-refractivity contribution is -0.137. The average Bonchev–Trinajstić information content (AvgIpc) is 2.96. The van der Waals surface area contributed by atoms with Gasteiger partial charge >= 0.3 is 18.2 Å². The summed E-state index contributed by atoms with van der Waals surface area (Å²) in [6.45, 7) is 4.93. The van der Waals surface area contributed by atoms with Crippen LogP contribution in [0, 0.1) is 0 Å². The number of piperazine rings is 1. The Kier molecular flexibility index (Phi) is 10.3. The van der Waals surface area contributed by atoms with E-state index in [0.29, 0.717) is 54.6 Å². The summed E-state index contributed by atoms with van der Waals surface area (Å²) < 4.78 is 49.9. The number of hydrogen-bond donors (Lipinski definition) is 1. The number of anilines is 1. The van der Waals surface area contributed by atoms with Crippen LogP contribution in [0.25, 0.3) is 0 Å². The molecule has 0 radical (unpaired) electrons. The normalized spacial score (nSPS) is 14.9. The molecular weight excluding hydrogens is 559 g/mol. The Hall–Kier alpha value is -3.60. The lowest BCUT2D eigenvalue weighted by atomic mass is 10.1. The SMILES string of the molecule is CCOC(=O)c1ccc(NC(=O)N2CCN(CC(OCc3ccc(C(F)(F)F)cc3)c3ccc(Cl)cc3)CC2)cc1. The van der Waals surface area contributed by atoms with Crippen LogP contribution in [-0.2, 0) is 22.3 Å². The quantitative estimate of drug-likeness (QED) is 0.283. The van der Waals surface area contributed by atoms with Crippen molar-refractivity contribution in [2.75, 3.05) is 44.6 Å². The largest absolute Gasteiger partial charge is 0.462 e. The maximum Gasteiger partial charge on any atom is 0.416 e. The van der Waals surface area contributed by atoms with E-state index in [-0.39, 0.29) is 25.3 Å². The molecule has 0 aliphatic carbocycles. The van der Waals surface area contributed by atoms with Gasteiger partial charge in [0.15, 0.2) is 0 Å². The summed E-state index contributed by atoms with van der Waals surface area (Å²) in [7, 11) is 0. The monoisotopic (exact) mass is 589 g/mol. The summed E-state index contributed by atoms with van der Waals surface area (Å²) >= 11 is 6.06. The fourth-order valence-corrected chi connectivity index (χ4v) is 4.52. The molecule has 0 saturated carbocycles. The average molecular weight is 590 g/mol. The van der Waals surface area contributed by atoms with E-state index in [1.165, 1.54) is 12.1 Å². The molecule has 3 aromatic rings. The number of rotatable bonds is 9. The molecule has 0 bridgehead atoms. The molecule has 1 heterocycles. The summed E-state index contributed by atoms with van der Waals surface area (Å²) in [6.07, 6.45) is -4.74. The van der Waals surface area contributed by atoms with Crippen molar-refractivity contribution in [2.24, 2.45) is 0 Å². The van der Waals surface area contributed by atoms with E-state index < -0.39 is 17.7 Å². The first kappa shape index (κ1) is 30.4. The zero-order chi connectivity index (χ0) is 29.4. The fourth-order valence-electron chi connectivity index (χ4n) is 4.39. The number of hydrogen-bond acceptors (Lipinski definition) is 5. The van der Waals surface area contributed by atoms with E-state index in [0.717, 1.165) is 17.7 Å². The van der Waals surface area contributed by atoms with Crippen molar-refractivity contribution in [3.8, 4) is 0 Å². The molecule has 2 amide bonds. The molecule has 0 spiro atoms. The summed E-state index contributed by atoms with van der Waals surface area (Å²) in [4.78, 5) is 28.5. The summed E-state index contributed by atoms with van der Waals surface area (Å²) in [5, 5.41) is 3.45. The standard InChI is InChI=1S/C30H31ClF3N3O4/c1-2-40-28(38)23-7-13-26(14-8-23)35-29(39)37-17-15-36(16-18-37)19-27(22-5-11-25(31)12-6-22)41-20-21-3-9-24(10-4-21)30(32,33)34/h3-14,27H,2,15-20H2,1H3,(H,35,39). The van der Waals surface area contributed by atoms with Gasteiger partial charge in [0.05, 0.1) is 30.4 Å². The van der Waals surface area contributed by atoms with E-state index >= 15 is 0 Å². The van der Waals surface area contributed by atoms with E-state index in [1.54, 1.807) is 48.2 Å². The Bertz CT molecular complexity index is 1290. The van der Waals surface area contributed by atoms with Crippen LogP contribution in [0.1, 0.15) is 40.1 Å². The smallest absolute Gasteiger partial charge is 0.416 e. The number of nitrogens with zero attached hydrogens (tertiary/aromatic N) is 2. The number of amides is 2. The van der Waals surface area contributed by atoms with Crippen LogP contribution >= 0.6 is 11.6 Å². The van der Waals surface area contributed by atoms with Crippen LogP contribution in [0.15, 0.2) is 72.8 Å². The van der Waals surface area contributed by atoms with Crippen molar-refractivity contribution in [1.82, 2.24) is 9.80 Å². The molecule has 1 aliphatic rings. The minimum atomic E-state index is -4.39. The molecular formula is C30H31ClF3N3O4. The number of benzene rings is 3. The molecule has 1 N–H and O–H groups in total. The number of esters is 1. The summed E-state index contributed by atoms with van der Waals surface area (Å²) in [6, 6.07) is 18.5. The molecule has 1 saturated heterocycles. The van der Waals surface area contributed by atoms with Gasteiger partial charge in [-0.3, -0.25) is 4.90 Å². The molecule has 7 nitrogen and oxygen atoms in total. The predicted molar refractivity (Wildman–Crippen MR) is 150 cm³/mol. The first-order valence-electron chi connectivity index (χ1n) is 13.2. The summed E-state index contributed by atoms with van der Waals surface area (Å²) in [5.74, 6) is -0.415. The van der Waals surface area contributed by atoms with Gasteiger partial charge in [0.2, 0.25) is 0 Å². The Morgan fingerprint density at radius 1 is 0.927 bits per heavy atom. The zero-order valence-corrected chi connectivity index (χ0v) is 23.3. The number of carbonyl (C=O) groups is 2. The Morgan fingerprint density at radius 3 is 2.15 bits per heavy atom. The van der Waals surface area contributed by atoms with Gasteiger partial charge in [-0.2, -0.15) is 13.2 Å². The van der Waals surface area contributed by atoms with Gasteiger partial charge in [-0.1, -0.05) is 35.9 Å². The third kappa shape index (κ3) is 8.69. The summed E-state index contributed by atoms with van der Waals surface area (Å²) in [5.41, 5.74) is 1.81. The van der Waals surface area contributed by atoms with Crippen molar-refractivity contribution >= 4 is 29.3 Å². The topological polar surface area (TPSA) is 71.1 Å². The van der Waals surface area contributed by atoms with Crippen LogP contribution in [-0.4, -0.2) is 61.1 Å². The number of halogens is 4. The van der Waals surface area contributed by atoms with Gasteiger partial charge in [0, 0.05) is 43.4 Å². The Labute approximate surface area is 241 Å². The fraction of sp³-hybridized carbons (Fsp3) is 0.333. The molecule has 0 aromatic heterocycles. The van der Waals surface area contributed by atoms with Crippen LogP contribution in [0.2, 0.25) is 5.02 Å². The molecule has 1 atom stereocenters. The molecule has 218 valence electrons. The van der Waals surface area contributed by atoms with Gasteiger partial charge in [-0.05, 0) is 66.6 Å². The van der Waals surface area contributed by atoms with Gasteiger partial charge in [0.25, 0.3) is 0 Å². The van der Waals surface area contributed by atoms with E-state index in [9.17, 15) is 22.8 Å². The number of carbonyl (C=O) groups excluding carboxylic acids is 2. The number of urea groups is 1. The highest BCUT2D eigenvalue weighted by Crippen LogP contribution is 2.30. The maximum atomic E-state index is 12.9. The highest BCUT2D eigenvalue weighted by molar-refractivity contribution is 6.30.